The Labute approximate surface area is 120 Å². The van der Waals surface area contributed by atoms with Crippen molar-refractivity contribution in [3.05, 3.63) is 70.2 Å². The molecular formula is C15H13ClF3N. The zero-order valence-corrected chi connectivity index (χ0v) is 11.3. The predicted molar refractivity (Wildman–Crippen MR) is 73.4 cm³/mol. The van der Waals surface area contributed by atoms with Gasteiger partial charge in [-0.05, 0) is 35.4 Å². The average Bonchev–Trinajstić information content (AvgIpc) is 2.38. The third-order valence-electron chi connectivity index (χ3n) is 2.83. The summed E-state index contributed by atoms with van der Waals surface area (Å²) in [6, 6.07) is 12.6. The summed E-state index contributed by atoms with van der Waals surface area (Å²) in [5.74, 6) is 0. The summed E-state index contributed by atoms with van der Waals surface area (Å²) in [5.41, 5.74) is 1.21. The first-order chi connectivity index (χ1) is 9.45. The van der Waals surface area contributed by atoms with Crippen LogP contribution in [0.4, 0.5) is 13.2 Å². The molecule has 0 spiro atoms. The number of rotatable bonds is 4. The Morgan fingerprint density at radius 2 is 1.55 bits per heavy atom. The smallest absolute Gasteiger partial charge is 0.309 e. The topological polar surface area (TPSA) is 12.0 Å². The Morgan fingerprint density at radius 1 is 0.900 bits per heavy atom. The molecule has 0 radical (unpaired) electrons. The zero-order valence-electron chi connectivity index (χ0n) is 10.5. The summed E-state index contributed by atoms with van der Waals surface area (Å²) in [5, 5.41) is 3.83. The maximum atomic E-state index is 12.4. The first-order valence-electron chi connectivity index (χ1n) is 6.06. The van der Waals surface area contributed by atoms with Gasteiger partial charge in [0.2, 0.25) is 0 Å². The molecule has 1 N–H and O–H groups in total. The monoisotopic (exact) mass is 299 g/mol. The van der Waals surface area contributed by atoms with Gasteiger partial charge in [0.05, 0.1) is 5.56 Å². The number of halogens is 4. The molecule has 20 heavy (non-hydrogen) atoms. The summed E-state index contributed by atoms with van der Waals surface area (Å²) < 4.78 is 37.2. The third-order valence-corrected chi connectivity index (χ3v) is 3.06. The molecule has 0 heterocycles. The fourth-order valence-corrected chi connectivity index (χ4v) is 2.02. The van der Waals surface area contributed by atoms with Gasteiger partial charge in [-0.25, -0.2) is 0 Å². The SMILES string of the molecule is FC(F)(F)c1ccc(CNCc2cccc(Cl)c2)cc1. The lowest BCUT2D eigenvalue weighted by molar-refractivity contribution is -0.137. The van der Waals surface area contributed by atoms with Crippen molar-refractivity contribution < 1.29 is 13.2 Å². The standard InChI is InChI=1S/C15H13ClF3N/c16-14-3-1-2-12(8-14)10-20-9-11-4-6-13(7-5-11)15(17,18)19/h1-8,20H,9-10H2. The van der Waals surface area contributed by atoms with Crippen LogP contribution in [0.15, 0.2) is 48.5 Å². The van der Waals surface area contributed by atoms with Gasteiger partial charge in [0.1, 0.15) is 0 Å². The van der Waals surface area contributed by atoms with Crippen molar-refractivity contribution in [2.75, 3.05) is 0 Å². The van der Waals surface area contributed by atoms with E-state index in [0.717, 1.165) is 23.3 Å². The van der Waals surface area contributed by atoms with Gasteiger partial charge in [0.15, 0.2) is 0 Å². The molecule has 2 rings (SSSR count). The highest BCUT2D eigenvalue weighted by Crippen LogP contribution is 2.29. The summed E-state index contributed by atoms with van der Waals surface area (Å²) in [6.45, 7) is 1.12. The normalized spacial score (nSPS) is 11.6. The van der Waals surface area contributed by atoms with Crippen LogP contribution in [0.2, 0.25) is 5.02 Å². The molecule has 0 aliphatic rings. The van der Waals surface area contributed by atoms with E-state index in [9.17, 15) is 13.2 Å². The molecule has 0 aliphatic heterocycles. The van der Waals surface area contributed by atoms with Crippen LogP contribution in [-0.2, 0) is 19.3 Å². The Bertz CT molecular complexity index is 564. The summed E-state index contributed by atoms with van der Waals surface area (Å²) in [4.78, 5) is 0. The van der Waals surface area contributed by atoms with E-state index in [1.807, 2.05) is 18.2 Å². The van der Waals surface area contributed by atoms with Gasteiger partial charge in [-0.3, -0.25) is 0 Å². The molecule has 0 amide bonds. The fraction of sp³-hybridized carbons (Fsp3) is 0.200. The summed E-state index contributed by atoms with van der Waals surface area (Å²) >= 11 is 5.87. The van der Waals surface area contributed by atoms with Gasteiger partial charge < -0.3 is 5.32 Å². The van der Waals surface area contributed by atoms with Crippen LogP contribution in [0.1, 0.15) is 16.7 Å². The number of hydrogen-bond donors (Lipinski definition) is 1. The number of hydrogen-bond acceptors (Lipinski definition) is 1. The zero-order chi connectivity index (χ0) is 14.6. The molecule has 0 atom stereocenters. The predicted octanol–water partition coefficient (Wildman–Crippen LogP) is 4.65. The number of nitrogens with one attached hydrogen (secondary N) is 1. The first kappa shape index (κ1) is 14.9. The highest BCUT2D eigenvalue weighted by Gasteiger charge is 2.29. The molecule has 0 unspecified atom stereocenters. The highest BCUT2D eigenvalue weighted by atomic mass is 35.5. The van der Waals surface area contributed by atoms with E-state index in [2.05, 4.69) is 5.32 Å². The van der Waals surface area contributed by atoms with Crippen molar-refractivity contribution in [2.24, 2.45) is 0 Å². The lowest BCUT2D eigenvalue weighted by Crippen LogP contribution is -2.13. The van der Waals surface area contributed by atoms with E-state index >= 15 is 0 Å². The van der Waals surface area contributed by atoms with Crippen LogP contribution in [0.5, 0.6) is 0 Å². The molecule has 5 heteroatoms. The molecule has 2 aromatic rings. The average molecular weight is 300 g/mol. The molecule has 0 bridgehead atoms. The van der Waals surface area contributed by atoms with Gasteiger partial charge in [0.25, 0.3) is 0 Å². The Hall–Kier alpha value is -1.52. The largest absolute Gasteiger partial charge is 0.416 e. The molecule has 0 saturated carbocycles. The van der Waals surface area contributed by atoms with E-state index in [0.29, 0.717) is 18.1 Å². The highest BCUT2D eigenvalue weighted by molar-refractivity contribution is 6.30. The van der Waals surface area contributed by atoms with E-state index in [4.69, 9.17) is 11.6 Å². The van der Waals surface area contributed by atoms with E-state index in [1.54, 1.807) is 6.07 Å². The van der Waals surface area contributed by atoms with E-state index < -0.39 is 11.7 Å². The Kier molecular flexibility index (Phi) is 4.68. The van der Waals surface area contributed by atoms with E-state index in [-0.39, 0.29) is 0 Å². The van der Waals surface area contributed by atoms with Gasteiger partial charge in [-0.1, -0.05) is 35.9 Å². The van der Waals surface area contributed by atoms with Crippen molar-refractivity contribution in [1.29, 1.82) is 0 Å². The van der Waals surface area contributed by atoms with Gasteiger partial charge in [0, 0.05) is 18.1 Å². The Morgan fingerprint density at radius 3 is 2.15 bits per heavy atom. The Balaban J connectivity index is 1.88. The van der Waals surface area contributed by atoms with Crippen LogP contribution in [0, 0.1) is 0 Å². The molecule has 106 valence electrons. The van der Waals surface area contributed by atoms with Crippen molar-refractivity contribution >= 4 is 11.6 Å². The number of alkyl halides is 3. The number of benzene rings is 2. The molecule has 0 aliphatic carbocycles. The first-order valence-corrected chi connectivity index (χ1v) is 6.44. The lowest BCUT2D eigenvalue weighted by atomic mass is 10.1. The summed E-state index contributed by atoms with van der Waals surface area (Å²) in [7, 11) is 0. The molecule has 0 fully saturated rings. The van der Waals surface area contributed by atoms with Crippen molar-refractivity contribution in [1.82, 2.24) is 5.32 Å². The molecule has 0 saturated heterocycles. The second-order valence-electron chi connectivity index (χ2n) is 4.43. The lowest BCUT2D eigenvalue weighted by Gasteiger charge is -2.08. The van der Waals surface area contributed by atoms with Gasteiger partial charge in [-0.15, -0.1) is 0 Å². The molecular weight excluding hydrogens is 287 g/mol. The summed E-state index contributed by atoms with van der Waals surface area (Å²) in [6.07, 6.45) is -4.28. The van der Waals surface area contributed by atoms with Crippen LogP contribution < -0.4 is 5.32 Å². The van der Waals surface area contributed by atoms with Crippen molar-refractivity contribution in [3.8, 4) is 0 Å². The maximum absolute atomic E-state index is 12.4. The minimum Gasteiger partial charge on any atom is -0.309 e. The van der Waals surface area contributed by atoms with Crippen LogP contribution in [-0.4, -0.2) is 0 Å². The second kappa shape index (κ2) is 6.29. The van der Waals surface area contributed by atoms with Crippen LogP contribution in [0.3, 0.4) is 0 Å². The minimum atomic E-state index is -4.28. The molecule has 2 aromatic carbocycles. The molecule has 1 nitrogen and oxygen atoms in total. The van der Waals surface area contributed by atoms with Gasteiger partial charge in [-0.2, -0.15) is 13.2 Å². The van der Waals surface area contributed by atoms with Crippen LogP contribution >= 0.6 is 11.6 Å². The van der Waals surface area contributed by atoms with Crippen molar-refractivity contribution in [3.63, 3.8) is 0 Å². The second-order valence-corrected chi connectivity index (χ2v) is 4.86. The van der Waals surface area contributed by atoms with Crippen LogP contribution in [0.25, 0.3) is 0 Å². The third kappa shape index (κ3) is 4.25. The van der Waals surface area contributed by atoms with E-state index in [1.165, 1.54) is 12.1 Å². The minimum absolute atomic E-state index is 0.505. The molecule has 0 aromatic heterocycles. The maximum Gasteiger partial charge on any atom is 0.416 e. The van der Waals surface area contributed by atoms with Crippen molar-refractivity contribution in [2.45, 2.75) is 19.3 Å². The van der Waals surface area contributed by atoms with Gasteiger partial charge >= 0.3 is 6.18 Å². The fourth-order valence-electron chi connectivity index (χ4n) is 1.81. The quantitative estimate of drug-likeness (QED) is 0.866.